The van der Waals surface area contributed by atoms with Crippen molar-refractivity contribution in [3.05, 3.63) is 115 Å². The average Bonchev–Trinajstić information content (AvgIpc) is 3.40. The number of carbonyl (C=O) groups is 2. The van der Waals surface area contributed by atoms with E-state index in [1.807, 2.05) is 48.8 Å². The first kappa shape index (κ1) is 21.2. The standard InChI is InChI=1S/C31H20N4O2/c1-34-30(36)23-7-2-8-28(29(23)31(34)37)35-26-11-9-19(21-5-3-13-32-17-21)15-24(26)25-16-20(10-12-27(25)35)22-6-4-14-33-18-22/h2-18H,1H3. The van der Waals surface area contributed by atoms with E-state index in [0.717, 1.165) is 44.1 Å². The van der Waals surface area contributed by atoms with Crippen LogP contribution < -0.4 is 0 Å². The summed E-state index contributed by atoms with van der Waals surface area (Å²) in [5.41, 5.74) is 7.62. The molecular weight excluding hydrogens is 460 g/mol. The van der Waals surface area contributed by atoms with E-state index in [4.69, 9.17) is 0 Å². The Hall–Kier alpha value is -5.10. The second-order valence-corrected chi connectivity index (χ2v) is 9.15. The first-order chi connectivity index (χ1) is 18.1. The Morgan fingerprint density at radius 1 is 0.622 bits per heavy atom. The maximum absolute atomic E-state index is 13.2. The van der Waals surface area contributed by atoms with Gasteiger partial charge >= 0.3 is 0 Å². The van der Waals surface area contributed by atoms with Gasteiger partial charge in [0.05, 0.1) is 27.8 Å². The number of rotatable bonds is 3. The van der Waals surface area contributed by atoms with E-state index in [9.17, 15) is 9.59 Å². The van der Waals surface area contributed by atoms with Gasteiger partial charge in [-0.2, -0.15) is 0 Å². The molecule has 0 saturated heterocycles. The van der Waals surface area contributed by atoms with Crippen molar-refractivity contribution in [2.24, 2.45) is 0 Å². The number of imide groups is 1. The van der Waals surface area contributed by atoms with Crippen molar-refractivity contribution in [2.45, 2.75) is 0 Å². The Bertz CT molecular complexity index is 1780. The fourth-order valence-corrected chi connectivity index (χ4v) is 5.28. The number of aromatic nitrogens is 3. The summed E-state index contributed by atoms with van der Waals surface area (Å²) in [7, 11) is 1.53. The van der Waals surface area contributed by atoms with Crippen molar-refractivity contribution >= 4 is 33.6 Å². The zero-order chi connectivity index (χ0) is 25.1. The lowest BCUT2D eigenvalue weighted by Crippen LogP contribution is -2.24. The summed E-state index contributed by atoms with van der Waals surface area (Å²) in [5, 5.41) is 2.09. The molecule has 2 amide bonds. The van der Waals surface area contributed by atoms with E-state index >= 15 is 0 Å². The third kappa shape index (κ3) is 3.12. The van der Waals surface area contributed by atoms with Gasteiger partial charge in [0.15, 0.2) is 0 Å². The molecule has 37 heavy (non-hydrogen) atoms. The molecule has 0 radical (unpaired) electrons. The van der Waals surface area contributed by atoms with Gasteiger partial charge < -0.3 is 4.57 Å². The Morgan fingerprint density at radius 3 is 1.76 bits per heavy atom. The van der Waals surface area contributed by atoms with Crippen LogP contribution >= 0.6 is 0 Å². The molecular formula is C31H20N4O2. The van der Waals surface area contributed by atoms with E-state index in [1.165, 1.54) is 11.9 Å². The minimum Gasteiger partial charge on any atom is -0.308 e. The number of fused-ring (bicyclic) bond motifs is 4. The second-order valence-electron chi connectivity index (χ2n) is 9.15. The lowest BCUT2D eigenvalue weighted by atomic mass is 10.0. The summed E-state index contributed by atoms with van der Waals surface area (Å²) < 4.78 is 2.09. The van der Waals surface area contributed by atoms with Crippen LogP contribution in [-0.4, -0.2) is 38.3 Å². The van der Waals surface area contributed by atoms with E-state index in [1.54, 1.807) is 18.5 Å². The van der Waals surface area contributed by atoms with Crippen LogP contribution in [0.4, 0.5) is 0 Å². The third-order valence-corrected chi connectivity index (χ3v) is 7.09. The number of hydrogen-bond donors (Lipinski definition) is 0. The summed E-state index contributed by atoms with van der Waals surface area (Å²) in [6.45, 7) is 0. The van der Waals surface area contributed by atoms with Crippen LogP contribution in [0.5, 0.6) is 0 Å². The SMILES string of the molecule is CN1C(=O)c2cccc(-n3c4ccc(-c5cccnc5)cc4c4cc(-c5cccnc5)ccc43)c2C1=O. The molecule has 6 aromatic rings. The van der Waals surface area contributed by atoms with Crippen molar-refractivity contribution in [1.29, 1.82) is 0 Å². The van der Waals surface area contributed by atoms with Crippen LogP contribution in [-0.2, 0) is 0 Å². The van der Waals surface area contributed by atoms with Gasteiger partial charge in [-0.15, -0.1) is 0 Å². The van der Waals surface area contributed by atoms with Crippen molar-refractivity contribution in [1.82, 2.24) is 19.4 Å². The van der Waals surface area contributed by atoms with Crippen LogP contribution in [0, 0.1) is 0 Å². The molecule has 0 atom stereocenters. The maximum atomic E-state index is 13.2. The number of benzene rings is 3. The summed E-state index contributed by atoms with van der Waals surface area (Å²) in [4.78, 5) is 35.6. The van der Waals surface area contributed by atoms with Gasteiger partial charge in [0, 0.05) is 53.7 Å². The molecule has 0 aliphatic carbocycles. The highest BCUT2D eigenvalue weighted by Gasteiger charge is 2.35. The Kier molecular flexibility index (Phi) is 4.56. The Balaban J connectivity index is 1.56. The zero-order valence-corrected chi connectivity index (χ0v) is 19.9. The monoisotopic (exact) mass is 480 g/mol. The smallest absolute Gasteiger partial charge is 0.263 e. The van der Waals surface area contributed by atoms with E-state index in [-0.39, 0.29) is 11.8 Å². The number of pyridine rings is 2. The van der Waals surface area contributed by atoms with Gasteiger partial charge in [-0.05, 0) is 59.7 Å². The minimum atomic E-state index is -0.287. The molecule has 0 fully saturated rings. The molecule has 7 rings (SSSR count). The highest BCUT2D eigenvalue weighted by atomic mass is 16.2. The average molecular weight is 481 g/mol. The first-order valence-electron chi connectivity index (χ1n) is 12.0. The number of hydrogen-bond acceptors (Lipinski definition) is 4. The van der Waals surface area contributed by atoms with E-state index in [2.05, 4.69) is 50.9 Å². The van der Waals surface area contributed by atoms with Gasteiger partial charge in [-0.3, -0.25) is 24.5 Å². The highest BCUT2D eigenvalue weighted by Crippen LogP contribution is 2.39. The predicted molar refractivity (Wildman–Crippen MR) is 144 cm³/mol. The number of amides is 2. The summed E-state index contributed by atoms with van der Waals surface area (Å²) in [6.07, 6.45) is 7.23. The van der Waals surface area contributed by atoms with Gasteiger partial charge in [0.25, 0.3) is 11.8 Å². The molecule has 0 bridgehead atoms. The molecule has 0 spiro atoms. The summed E-state index contributed by atoms with van der Waals surface area (Å²) in [6, 6.07) is 26.0. The molecule has 4 heterocycles. The minimum absolute atomic E-state index is 0.277. The van der Waals surface area contributed by atoms with Gasteiger partial charge in [0.1, 0.15) is 0 Å². The number of carbonyl (C=O) groups excluding carboxylic acids is 2. The lowest BCUT2D eigenvalue weighted by Gasteiger charge is -2.12. The first-order valence-corrected chi connectivity index (χ1v) is 12.0. The topological polar surface area (TPSA) is 68.1 Å². The lowest BCUT2D eigenvalue weighted by molar-refractivity contribution is 0.0693. The zero-order valence-electron chi connectivity index (χ0n) is 19.9. The van der Waals surface area contributed by atoms with Crippen LogP contribution in [0.1, 0.15) is 20.7 Å². The van der Waals surface area contributed by atoms with Crippen molar-refractivity contribution in [2.75, 3.05) is 7.05 Å². The van der Waals surface area contributed by atoms with Crippen molar-refractivity contribution in [3.8, 4) is 27.9 Å². The molecule has 6 nitrogen and oxygen atoms in total. The quantitative estimate of drug-likeness (QED) is 0.286. The van der Waals surface area contributed by atoms with Crippen molar-refractivity contribution < 1.29 is 9.59 Å². The Labute approximate surface area is 212 Å². The fourth-order valence-electron chi connectivity index (χ4n) is 5.28. The van der Waals surface area contributed by atoms with E-state index in [0.29, 0.717) is 16.8 Å². The predicted octanol–water partition coefficient (Wildman–Crippen LogP) is 6.13. The van der Waals surface area contributed by atoms with Crippen molar-refractivity contribution in [3.63, 3.8) is 0 Å². The molecule has 3 aromatic heterocycles. The highest BCUT2D eigenvalue weighted by molar-refractivity contribution is 6.23. The molecule has 6 heteroatoms. The molecule has 176 valence electrons. The molecule has 1 aliphatic heterocycles. The van der Waals surface area contributed by atoms with Gasteiger partial charge in [-0.1, -0.05) is 30.3 Å². The van der Waals surface area contributed by atoms with Crippen LogP contribution in [0.15, 0.2) is 104 Å². The van der Waals surface area contributed by atoms with E-state index < -0.39 is 0 Å². The fraction of sp³-hybridized carbons (Fsp3) is 0.0323. The molecule has 1 aliphatic rings. The van der Waals surface area contributed by atoms with Gasteiger partial charge in [-0.25, -0.2) is 0 Å². The van der Waals surface area contributed by atoms with Crippen LogP contribution in [0.25, 0.3) is 49.7 Å². The number of nitrogens with zero attached hydrogens (tertiary/aromatic N) is 4. The molecule has 3 aromatic carbocycles. The Morgan fingerprint density at radius 2 is 1.22 bits per heavy atom. The third-order valence-electron chi connectivity index (χ3n) is 7.09. The summed E-state index contributed by atoms with van der Waals surface area (Å²) >= 11 is 0. The molecule has 0 N–H and O–H groups in total. The summed E-state index contributed by atoms with van der Waals surface area (Å²) in [5.74, 6) is -0.565. The largest absolute Gasteiger partial charge is 0.308 e. The normalized spacial score (nSPS) is 13.1. The van der Waals surface area contributed by atoms with Crippen LogP contribution in [0.3, 0.4) is 0 Å². The maximum Gasteiger partial charge on any atom is 0.263 e. The molecule has 0 unspecified atom stereocenters. The van der Waals surface area contributed by atoms with Crippen LogP contribution in [0.2, 0.25) is 0 Å². The molecule has 0 saturated carbocycles. The second kappa shape index (κ2) is 7.96. The van der Waals surface area contributed by atoms with Gasteiger partial charge in [0.2, 0.25) is 0 Å².